The van der Waals surface area contributed by atoms with Gasteiger partial charge in [-0.1, -0.05) is 18.6 Å². The molecule has 1 aromatic heterocycles. The Labute approximate surface area is 141 Å². The lowest BCUT2D eigenvalue weighted by Crippen LogP contribution is -2.67. The summed E-state index contributed by atoms with van der Waals surface area (Å²) in [5.41, 5.74) is 1.82. The normalized spacial score (nSPS) is 24.2. The van der Waals surface area contributed by atoms with Gasteiger partial charge >= 0.3 is 0 Å². The highest BCUT2D eigenvalue weighted by Gasteiger charge is 2.60. The maximum Gasteiger partial charge on any atom is 0.253 e. The summed E-state index contributed by atoms with van der Waals surface area (Å²) in [6.45, 7) is 0. The number of hydrogen-bond acceptors (Lipinski definition) is 4. The van der Waals surface area contributed by atoms with Crippen LogP contribution in [0.3, 0.4) is 0 Å². The molecule has 2 atom stereocenters. The number of nitrogens with zero attached hydrogens (tertiary/aromatic N) is 2. The molecule has 1 amide bonds. The first kappa shape index (κ1) is 15.4. The van der Waals surface area contributed by atoms with Crippen LogP contribution >= 0.6 is 0 Å². The SMILES string of the molecule is COC1CC(N(C)C(=O)c2ccc(-c3cnco3)cc2)C12CCC2. The smallest absolute Gasteiger partial charge is 0.253 e. The number of carbonyl (C=O) groups excluding carboxylic acids is 1. The van der Waals surface area contributed by atoms with Gasteiger partial charge in [-0.05, 0) is 31.4 Å². The van der Waals surface area contributed by atoms with E-state index in [1.54, 1.807) is 13.3 Å². The zero-order valence-electron chi connectivity index (χ0n) is 14.1. The first-order valence-electron chi connectivity index (χ1n) is 8.44. The minimum absolute atomic E-state index is 0.0740. The van der Waals surface area contributed by atoms with Crippen molar-refractivity contribution in [3.05, 3.63) is 42.4 Å². The van der Waals surface area contributed by atoms with Crippen molar-refractivity contribution in [3.63, 3.8) is 0 Å². The number of amides is 1. The number of benzene rings is 1. The van der Waals surface area contributed by atoms with Gasteiger partial charge in [-0.3, -0.25) is 4.79 Å². The van der Waals surface area contributed by atoms with E-state index in [0.717, 1.165) is 24.8 Å². The van der Waals surface area contributed by atoms with Crippen LogP contribution in [0.4, 0.5) is 0 Å². The zero-order chi connectivity index (χ0) is 16.7. The molecule has 126 valence electrons. The molecule has 2 saturated carbocycles. The third-order valence-corrected chi connectivity index (χ3v) is 5.95. The molecule has 1 aromatic carbocycles. The Morgan fingerprint density at radius 3 is 2.62 bits per heavy atom. The van der Waals surface area contributed by atoms with Crippen molar-refractivity contribution in [2.24, 2.45) is 5.41 Å². The van der Waals surface area contributed by atoms with Crippen molar-refractivity contribution < 1.29 is 13.9 Å². The second-order valence-electron chi connectivity index (χ2n) is 6.92. The fourth-order valence-electron chi connectivity index (χ4n) is 4.32. The highest BCUT2D eigenvalue weighted by molar-refractivity contribution is 5.94. The van der Waals surface area contributed by atoms with Crippen molar-refractivity contribution in [2.75, 3.05) is 14.2 Å². The van der Waals surface area contributed by atoms with Crippen molar-refractivity contribution in [1.29, 1.82) is 0 Å². The summed E-state index contributed by atoms with van der Waals surface area (Å²) in [6, 6.07) is 7.81. The second-order valence-corrected chi connectivity index (χ2v) is 6.92. The van der Waals surface area contributed by atoms with E-state index >= 15 is 0 Å². The molecular formula is C19H22N2O3. The van der Waals surface area contributed by atoms with Crippen LogP contribution in [0.1, 0.15) is 36.0 Å². The Kier molecular flexibility index (Phi) is 3.68. The van der Waals surface area contributed by atoms with Crippen LogP contribution < -0.4 is 0 Å². The fraction of sp³-hybridized carbons (Fsp3) is 0.474. The van der Waals surface area contributed by atoms with E-state index in [0.29, 0.717) is 17.4 Å². The second kappa shape index (κ2) is 5.74. The molecule has 4 rings (SSSR count). The Balaban J connectivity index is 1.49. The van der Waals surface area contributed by atoms with Crippen LogP contribution in [0.25, 0.3) is 11.3 Å². The van der Waals surface area contributed by atoms with Gasteiger partial charge in [-0.2, -0.15) is 0 Å². The topological polar surface area (TPSA) is 55.6 Å². The Bertz CT molecular complexity index is 720. The molecule has 0 bridgehead atoms. The van der Waals surface area contributed by atoms with Crippen molar-refractivity contribution in [3.8, 4) is 11.3 Å². The Morgan fingerprint density at radius 2 is 2.08 bits per heavy atom. The van der Waals surface area contributed by atoms with E-state index in [2.05, 4.69) is 4.98 Å². The number of aromatic nitrogens is 1. The first-order valence-corrected chi connectivity index (χ1v) is 8.44. The van der Waals surface area contributed by atoms with Crippen LogP contribution in [-0.4, -0.2) is 42.1 Å². The summed E-state index contributed by atoms with van der Waals surface area (Å²) < 4.78 is 10.9. The van der Waals surface area contributed by atoms with Crippen molar-refractivity contribution in [1.82, 2.24) is 9.88 Å². The molecule has 1 heterocycles. The Hall–Kier alpha value is -2.14. The van der Waals surface area contributed by atoms with Crippen LogP contribution in [-0.2, 0) is 4.74 Å². The summed E-state index contributed by atoms with van der Waals surface area (Å²) in [4.78, 5) is 18.7. The minimum Gasteiger partial charge on any atom is -0.444 e. The average molecular weight is 326 g/mol. The minimum atomic E-state index is 0.0740. The van der Waals surface area contributed by atoms with Crippen molar-refractivity contribution in [2.45, 2.75) is 37.8 Å². The predicted octanol–water partition coefficient (Wildman–Crippen LogP) is 3.37. The molecule has 2 unspecified atom stereocenters. The van der Waals surface area contributed by atoms with Gasteiger partial charge in [0.2, 0.25) is 0 Å². The lowest BCUT2D eigenvalue weighted by atomic mass is 9.50. The van der Waals surface area contributed by atoms with Gasteiger partial charge in [0.25, 0.3) is 5.91 Å². The third-order valence-electron chi connectivity index (χ3n) is 5.95. The van der Waals surface area contributed by atoms with Crippen LogP contribution in [0.5, 0.6) is 0 Å². The first-order chi connectivity index (χ1) is 11.7. The highest BCUT2D eigenvalue weighted by Crippen LogP contribution is 2.58. The van der Waals surface area contributed by atoms with Gasteiger partial charge in [0.05, 0.1) is 12.3 Å². The quantitative estimate of drug-likeness (QED) is 0.864. The van der Waals surface area contributed by atoms with Gasteiger partial charge in [-0.25, -0.2) is 4.98 Å². The van der Waals surface area contributed by atoms with E-state index in [9.17, 15) is 4.79 Å². The molecular weight excluding hydrogens is 304 g/mol. The number of ether oxygens (including phenoxy) is 1. The summed E-state index contributed by atoms with van der Waals surface area (Å²) in [5.74, 6) is 0.780. The molecule has 2 aliphatic rings. The van der Waals surface area contributed by atoms with E-state index < -0.39 is 0 Å². The largest absolute Gasteiger partial charge is 0.444 e. The van der Waals surface area contributed by atoms with E-state index in [1.807, 2.05) is 36.2 Å². The number of carbonyl (C=O) groups is 1. The highest BCUT2D eigenvalue weighted by atomic mass is 16.5. The molecule has 2 aromatic rings. The molecule has 2 fully saturated rings. The van der Waals surface area contributed by atoms with Gasteiger partial charge in [0, 0.05) is 36.7 Å². The maximum absolute atomic E-state index is 12.8. The number of oxazole rings is 1. The summed E-state index contributed by atoms with van der Waals surface area (Å²) in [5, 5.41) is 0. The predicted molar refractivity (Wildman–Crippen MR) is 89.5 cm³/mol. The average Bonchev–Trinajstić information content (AvgIpc) is 3.06. The fourth-order valence-corrected chi connectivity index (χ4v) is 4.32. The summed E-state index contributed by atoms with van der Waals surface area (Å²) in [7, 11) is 3.70. The van der Waals surface area contributed by atoms with Crippen molar-refractivity contribution >= 4 is 5.91 Å². The molecule has 1 spiro atoms. The number of rotatable bonds is 4. The standard InChI is InChI=1S/C19H22N2O3/c1-21(16-10-17(23-2)19(16)8-3-9-19)18(22)14-6-4-13(5-7-14)15-11-20-12-24-15/h4-7,11-12,16-17H,3,8-10H2,1-2H3. The van der Waals surface area contributed by atoms with Gasteiger partial charge < -0.3 is 14.1 Å². The van der Waals surface area contributed by atoms with E-state index in [-0.39, 0.29) is 17.4 Å². The monoisotopic (exact) mass is 326 g/mol. The lowest BCUT2D eigenvalue weighted by molar-refractivity contribution is -0.182. The van der Waals surface area contributed by atoms with Crippen LogP contribution in [0, 0.1) is 5.41 Å². The molecule has 2 aliphatic carbocycles. The molecule has 0 N–H and O–H groups in total. The third kappa shape index (κ3) is 2.18. The molecule has 24 heavy (non-hydrogen) atoms. The molecule has 0 aliphatic heterocycles. The molecule has 5 nitrogen and oxygen atoms in total. The van der Waals surface area contributed by atoms with Crippen LogP contribution in [0.2, 0.25) is 0 Å². The molecule has 0 radical (unpaired) electrons. The summed E-state index contributed by atoms with van der Waals surface area (Å²) in [6.07, 6.45) is 7.89. The van der Waals surface area contributed by atoms with Gasteiger partial charge in [-0.15, -0.1) is 0 Å². The zero-order valence-corrected chi connectivity index (χ0v) is 14.1. The lowest BCUT2D eigenvalue weighted by Gasteiger charge is -2.62. The van der Waals surface area contributed by atoms with Gasteiger partial charge in [0.1, 0.15) is 0 Å². The van der Waals surface area contributed by atoms with Gasteiger partial charge in [0.15, 0.2) is 12.2 Å². The van der Waals surface area contributed by atoms with E-state index in [4.69, 9.17) is 9.15 Å². The van der Waals surface area contributed by atoms with Crippen LogP contribution in [0.15, 0.2) is 41.3 Å². The van der Waals surface area contributed by atoms with E-state index in [1.165, 1.54) is 12.8 Å². The molecule has 0 saturated heterocycles. The number of methoxy groups -OCH3 is 1. The Morgan fingerprint density at radius 1 is 1.33 bits per heavy atom. The molecule has 5 heteroatoms. The number of hydrogen-bond donors (Lipinski definition) is 0. The summed E-state index contributed by atoms with van der Waals surface area (Å²) >= 11 is 0. The maximum atomic E-state index is 12.8.